The molecule has 0 aromatic carbocycles. The average molecular weight is 318 g/mol. The number of hydrogen-bond donors (Lipinski definition) is 2. The Bertz CT molecular complexity index is 679. The molecule has 0 aliphatic heterocycles. The highest BCUT2D eigenvalue weighted by atomic mass is 19.4. The molecule has 0 aliphatic rings. The van der Waals surface area contributed by atoms with Crippen LogP contribution < -0.4 is 5.32 Å². The molecule has 7 nitrogen and oxygen atoms in total. The number of nitrogens with zero attached hydrogens (tertiary/aromatic N) is 3. The summed E-state index contributed by atoms with van der Waals surface area (Å²) in [6.07, 6.45) is -3.99. The van der Waals surface area contributed by atoms with Crippen LogP contribution in [0.4, 0.5) is 19.0 Å². The second kappa shape index (κ2) is 5.44. The van der Waals surface area contributed by atoms with Gasteiger partial charge in [0.15, 0.2) is 11.6 Å². The van der Waals surface area contributed by atoms with Crippen molar-refractivity contribution in [3.8, 4) is 0 Å². The molecule has 0 radical (unpaired) electrons. The molecule has 0 aliphatic carbocycles. The molecule has 0 fully saturated rings. The number of nitrogens with one attached hydrogen (secondary N) is 1. The first kappa shape index (κ1) is 16.0. The summed E-state index contributed by atoms with van der Waals surface area (Å²) >= 11 is 0. The molecule has 2 rings (SSSR count). The minimum atomic E-state index is -5.08. The highest BCUT2D eigenvalue weighted by Gasteiger charge is 2.58. The molecule has 0 saturated carbocycles. The third-order valence-electron chi connectivity index (χ3n) is 2.97. The first-order valence-corrected chi connectivity index (χ1v) is 6.13. The number of imidazole rings is 1. The first-order chi connectivity index (χ1) is 10.1. The number of aryl methyl sites for hydroxylation is 2. The number of amides is 1. The zero-order valence-corrected chi connectivity index (χ0v) is 11.7. The van der Waals surface area contributed by atoms with Gasteiger partial charge in [-0.15, -0.1) is 0 Å². The number of alkyl halides is 3. The van der Waals surface area contributed by atoms with Crippen molar-refractivity contribution in [2.45, 2.75) is 25.1 Å². The number of aliphatic hydroxyl groups is 1. The summed E-state index contributed by atoms with van der Waals surface area (Å²) in [6.45, 7) is 1.56. The normalized spacial score (nSPS) is 14.6. The van der Waals surface area contributed by atoms with Crippen LogP contribution in [0.1, 0.15) is 18.0 Å². The number of halogens is 3. The number of anilines is 1. The van der Waals surface area contributed by atoms with E-state index in [9.17, 15) is 23.1 Å². The summed E-state index contributed by atoms with van der Waals surface area (Å²) in [5, 5.41) is 15.6. The van der Waals surface area contributed by atoms with Crippen molar-refractivity contribution in [2.75, 3.05) is 5.32 Å². The maximum Gasteiger partial charge on any atom is 0.425 e. The topological polar surface area (TPSA) is 93.2 Å². The molecule has 2 aromatic rings. The summed E-state index contributed by atoms with van der Waals surface area (Å²) in [4.78, 5) is 15.3. The van der Waals surface area contributed by atoms with Crippen LogP contribution in [0.15, 0.2) is 23.0 Å². The molecular weight excluding hydrogens is 305 g/mol. The molecule has 2 N–H and O–H groups in total. The van der Waals surface area contributed by atoms with Crippen molar-refractivity contribution in [1.82, 2.24) is 14.7 Å². The fourth-order valence-corrected chi connectivity index (χ4v) is 1.91. The maximum absolute atomic E-state index is 13.2. The molecule has 1 amide bonds. The lowest BCUT2D eigenvalue weighted by atomic mass is 9.97. The van der Waals surface area contributed by atoms with Crippen LogP contribution in [-0.2, 0) is 17.4 Å². The minimum Gasteiger partial charge on any atom is -0.374 e. The lowest BCUT2D eigenvalue weighted by molar-refractivity contribution is -0.270. The largest absolute Gasteiger partial charge is 0.425 e. The lowest BCUT2D eigenvalue weighted by Gasteiger charge is -2.29. The molecule has 0 spiro atoms. The Labute approximate surface area is 122 Å². The second-order valence-electron chi connectivity index (χ2n) is 4.77. The molecule has 0 saturated heterocycles. The van der Waals surface area contributed by atoms with Crippen LogP contribution in [0.25, 0.3) is 0 Å². The van der Waals surface area contributed by atoms with Crippen LogP contribution in [0.5, 0.6) is 0 Å². The fraction of sp³-hybridized carbons (Fsp3) is 0.417. The van der Waals surface area contributed by atoms with Crippen LogP contribution in [0, 0.1) is 6.92 Å². The predicted octanol–water partition coefficient (Wildman–Crippen LogP) is 1.50. The van der Waals surface area contributed by atoms with Crippen molar-refractivity contribution in [2.24, 2.45) is 7.05 Å². The number of rotatable bonds is 4. The van der Waals surface area contributed by atoms with Crippen molar-refractivity contribution in [1.29, 1.82) is 0 Å². The molecule has 2 aromatic heterocycles. The Morgan fingerprint density at radius 2 is 2.18 bits per heavy atom. The third kappa shape index (κ3) is 2.96. The molecular formula is C12H13F3N4O3. The molecule has 0 unspecified atom stereocenters. The third-order valence-corrected chi connectivity index (χ3v) is 2.97. The SMILES string of the molecule is Cc1cc(NC(=O)C[C@@](O)(c2nccn2C)C(F)(F)F)no1. The average Bonchev–Trinajstić information content (AvgIpc) is 2.96. The van der Waals surface area contributed by atoms with Gasteiger partial charge in [-0.2, -0.15) is 13.2 Å². The molecule has 22 heavy (non-hydrogen) atoms. The number of aromatic nitrogens is 3. The zero-order valence-electron chi connectivity index (χ0n) is 11.7. The summed E-state index contributed by atoms with van der Waals surface area (Å²) < 4.78 is 45.4. The fourth-order valence-electron chi connectivity index (χ4n) is 1.91. The Hall–Kier alpha value is -2.36. The van der Waals surface area contributed by atoms with Crippen LogP contribution in [0.2, 0.25) is 0 Å². The van der Waals surface area contributed by atoms with Crippen LogP contribution >= 0.6 is 0 Å². The molecule has 1 atom stereocenters. The molecule has 2 heterocycles. The van der Waals surface area contributed by atoms with Gasteiger partial charge in [-0.25, -0.2) is 4.98 Å². The lowest BCUT2D eigenvalue weighted by Crippen LogP contribution is -2.46. The Kier molecular flexibility index (Phi) is 3.96. The Balaban J connectivity index is 2.24. The zero-order chi connectivity index (χ0) is 16.5. The van der Waals surface area contributed by atoms with E-state index < -0.39 is 29.9 Å². The number of carbonyl (C=O) groups excluding carboxylic acids is 1. The van der Waals surface area contributed by atoms with Crippen LogP contribution in [-0.4, -0.2) is 31.9 Å². The van der Waals surface area contributed by atoms with E-state index in [1.807, 2.05) is 0 Å². The van der Waals surface area contributed by atoms with E-state index in [1.165, 1.54) is 19.3 Å². The Morgan fingerprint density at radius 1 is 1.50 bits per heavy atom. The van der Waals surface area contributed by atoms with E-state index in [-0.39, 0.29) is 5.82 Å². The van der Waals surface area contributed by atoms with Crippen molar-refractivity contribution in [3.05, 3.63) is 30.0 Å². The van der Waals surface area contributed by atoms with Gasteiger partial charge in [-0.3, -0.25) is 4.79 Å². The quantitative estimate of drug-likeness (QED) is 0.891. The van der Waals surface area contributed by atoms with Gasteiger partial charge in [-0.1, -0.05) is 5.16 Å². The summed E-state index contributed by atoms with van der Waals surface area (Å²) in [5.74, 6) is -1.40. The van der Waals surface area contributed by atoms with Gasteiger partial charge in [0.2, 0.25) is 11.5 Å². The monoisotopic (exact) mass is 318 g/mol. The molecule has 10 heteroatoms. The van der Waals surface area contributed by atoms with E-state index in [0.717, 1.165) is 10.8 Å². The standard InChI is InChI=1S/C12H13F3N4O3/c1-7-5-8(18-22-7)17-9(20)6-11(21,12(13,14)15)10-16-3-4-19(10)2/h3-5,21H,6H2,1-2H3,(H,17,18,20)/t11-/m1/s1. The smallest absolute Gasteiger partial charge is 0.374 e. The van der Waals surface area contributed by atoms with Crippen molar-refractivity contribution >= 4 is 11.7 Å². The highest BCUT2D eigenvalue weighted by molar-refractivity contribution is 5.90. The first-order valence-electron chi connectivity index (χ1n) is 6.13. The van der Waals surface area contributed by atoms with Gasteiger partial charge in [0.1, 0.15) is 5.76 Å². The van der Waals surface area contributed by atoms with E-state index in [0.29, 0.717) is 5.76 Å². The van der Waals surface area contributed by atoms with Gasteiger partial charge in [-0.05, 0) is 6.92 Å². The van der Waals surface area contributed by atoms with Gasteiger partial charge in [0.25, 0.3) is 0 Å². The van der Waals surface area contributed by atoms with Crippen molar-refractivity contribution in [3.63, 3.8) is 0 Å². The van der Waals surface area contributed by atoms with E-state index in [2.05, 4.69) is 20.0 Å². The van der Waals surface area contributed by atoms with E-state index >= 15 is 0 Å². The predicted molar refractivity (Wildman–Crippen MR) is 67.6 cm³/mol. The van der Waals surface area contributed by atoms with Gasteiger partial charge in [0.05, 0.1) is 6.42 Å². The molecule has 0 bridgehead atoms. The van der Waals surface area contributed by atoms with Crippen LogP contribution in [0.3, 0.4) is 0 Å². The second-order valence-corrected chi connectivity index (χ2v) is 4.77. The maximum atomic E-state index is 13.2. The summed E-state index contributed by atoms with van der Waals surface area (Å²) in [5.41, 5.74) is -3.41. The Morgan fingerprint density at radius 3 is 2.64 bits per heavy atom. The number of hydrogen-bond acceptors (Lipinski definition) is 5. The van der Waals surface area contributed by atoms with Gasteiger partial charge >= 0.3 is 6.18 Å². The van der Waals surface area contributed by atoms with Crippen molar-refractivity contribution < 1.29 is 27.6 Å². The van der Waals surface area contributed by atoms with Gasteiger partial charge < -0.3 is 19.5 Å². The minimum absolute atomic E-state index is 0.0353. The number of carbonyl (C=O) groups is 1. The molecule has 120 valence electrons. The van der Waals surface area contributed by atoms with E-state index in [4.69, 9.17) is 0 Å². The highest BCUT2D eigenvalue weighted by Crippen LogP contribution is 2.40. The summed E-state index contributed by atoms with van der Waals surface area (Å²) in [7, 11) is 1.29. The van der Waals surface area contributed by atoms with Gasteiger partial charge in [0, 0.05) is 25.5 Å². The van der Waals surface area contributed by atoms with E-state index in [1.54, 1.807) is 6.92 Å². The summed E-state index contributed by atoms with van der Waals surface area (Å²) in [6, 6.07) is 1.34.